The van der Waals surface area contributed by atoms with Gasteiger partial charge in [0.1, 0.15) is 6.29 Å². The second kappa shape index (κ2) is 7.53. The van der Waals surface area contributed by atoms with Gasteiger partial charge in [0.25, 0.3) is 8.05 Å². The lowest BCUT2D eigenvalue weighted by Gasteiger charge is -2.43. The van der Waals surface area contributed by atoms with Gasteiger partial charge in [-0.25, -0.2) is 0 Å². The highest BCUT2D eigenvalue weighted by Crippen LogP contribution is 2.23. The van der Waals surface area contributed by atoms with Crippen LogP contribution in [0.15, 0.2) is 0 Å². The molecule has 1 rings (SSSR count). The Bertz CT molecular complexity index is 232. The van der Waals surface area contributed by atoms with Gasteiger partial charge in [-0.3, -0.25) is 9.80 Å². The summed E-state index contributed by atoms with van der Waals surface area (Å²) in [6, 6.07) is 0. The summed E-state index contributed by atoms with van der Waals surface area (Å²) in [6.45, 7) is 8.23. The van der Waals surface area contributed by atoms with Gasteiger partial charge in [-0.15, -0.1) is 0 Å². The van der Waals surface area contributed by atoms with Crippen LogP contribution in [0.5, 0.6) is 0 Å². The molecule has 0 aromatic rings. The fourth-order valence-corrected chi connectivity index (χ4v) is 2.26. The van der Waals surface area contributed by atoms with Crippen molar-refractivity contribution >= 4 is 15.9 Å². The maximum Gasteiger partial charge on any atom is 0.286 e. The molecular weight excluding hydrogens is 226 g/mol. The molecule has 6 heteroatoms. The molecule has 0 aromatic heterocycles. The van der Waals surface area contributed by atoms with E-state index in [2.05, 4.69) is 35.3 Å². The minimum absolute atomic E-state index is 0.0572. The quantitative estimate of drug-likeness (QED) is 0.469. The van der Waals surface area contributed by atoms with Gasteiger partial charge < -0.3 is 9.39 Å². The van der Waals surface area contributed by atoms with E-state index in [0.29, 0.717) is 6.61 Å². The van der Waals surface area contributed by atoms with Crippen molar-refractivity contribution in [1.29, 1.82) is 0 Å². The summed E-state index contributed by atoms with van der Waals surface area (Å²) in [5.41, 5.74) is 0.0572. The smallest absolute Gasteiger partial charge is 0.286 e. The normalized spacial score (nSPS) is 19.6. The molecule has 1 saturated heterocycles. The predicted octanol–water partition coefficient (Wildman–Crippen LogP) is 0.780. The summed E-state index contributed by atoms with van der Waals surface area (Å²) in [7, 11) is 12.6. The van der Waals surface area contributed by atoms with E-state index in [-0.39, 0.29) is 12.0 Å². The third kappa shape index (κ3) is 4.26. The van der Waals surface area contributed by atoms with Crippen LogP contribution in [0.25, 0.3) is 0 Å². The SMILES string of the molecule is [B]CC(O[B])OCCN(C)C(C)(C)N1CCCC1. The molecule has 4 nitrogen and oxygen atoms in total. The molecule has 0 bridgehead atoms. The third-order valence-corrected chi connectivity index (χ3v) is 3.89. The van der Waals surface area contributed by atoms with Gasteiger partial charge >= 0.3 is 0 Å². The summed E-state index contributed by atoms with van der Waals surface area (Å²) in [4.78, 5) is 4.80. The number of ether oxygens (including phenoxy) is 1. The molecule has 0 aliphatic carbocycles. The minimum atomic E-state index is -0.506. The topological polar surface area (TPSA) is 24.9 Å². The molecule has 0 amide bonds. The summed E-state index contributed by atoms with van der Waals surface area (Å²) in [5.74, 6) is 0. The fourth-order valence-electron chi connectivity index (χ4n) is 2.26. The Kier molecular flexibility index (Phi) is 6.71. The lowest BCUT2D eigenvalue weighted by Crippen LogP contribution is -2.55. The number of rotatable bonds is 8. The monoisotopic (exact) mass is 250 g/mol. The Morgan fingerprint density at radius 2 is 1.94 bits per heavy atom. The van der Waals surface area contributed by atoms with E-state index in [1.165, 1.54) is 25.9 Å². The van der Waals surface area contributed by atoms with Crippen LogP contribution in [0.2, 0.25) is 6.32 Å². The highest BCUT2D eigenvalue weighted by Gasteiger charge is 2.32. The van der Waals surface area contributed by atoms with Crippen LogP contribution in [0, 0.1) is 0 Å². The van der Waals surface area contributed by atoms with E-state index < -0.39 is 6.29 Å². The summed E-state index contributed by atoms with van der Waals surface area (Å²) >= 11 is 0. The van der Waals surface area contributed by atoms with Gasteiger partial charge in [-0.05, 0) is 53.1 Å². The first-order chi connectivity index (χ1) is 8.52. The van der Waals surface area contributed by atoms with Gasteiger partial charge in [0.05, 0.1) is 20.1 Å². The largest absolute Gasteiger partial charge is 0.425 e. The van der Waals surface area contributed by atoms with Crippen molar-refractivity contribution in [3.8, 4) is 0 Å². The van der Waals surface area contributed by atoms with Crippen LogP contribution in [0.4, 0.5) is 0 Å². The van der Waals surface area contributed by atoms with Crippen molar-refractivity contribution in [3.05, 3.63) is 0 Å². The van der Waals surface area contributed by atoms with Crippen molar-refractivity contribution in [2.45, 2.75) is 45.0 Å². The molecule has 0 spiro atoms. The third-order valence-electron chi connectivity index (χ3n) is 3.89. The van der Waals surface area contributed by atoms with Crippen molar-refractivity contribution < 1.29 is 9.39 Å². The molecule has 1 aliphatic heterocycles. The van der Waals surface area contributed by atoms with Crippen molar-refractivity contribution in [1.82, 2.24) is 9.80 Å². The molecule has 1 unspecified atom stereocenters. The molecule has 1 fully saturated rings. The van der Waals surface area contributed by atoms with E-state index in [4.69, 9.17) is 20.6 Å². The van der Waals surface area contributed by atoms with Crippen LogP contribution in [-0.2, 0) is 9.39 Å². The minimum Gasteiger partial charge on any atom is -0.425 e. The number of hydrogen-bond donors (Lipinski definition) is 0. The van der Waals surface area contributed by atoms with Gasteiger partial charge in [0, 0.05) is 6.54 Å². The van der Waals surface area contributed by atoms with Crippen LogP contribution in [0.3, 0.4) is 0 Å². The molecule has 0 saturated carbocycles. The maximum absolute atomic E-state index is 5.44. The molecule has 1 aliphatic rings. The van der Waals surface area contributed by atoms with E-state index in [0.717, 1.165) is 6.54 Å². The lowest BCUT2D eigenvalue weighted by atomic mass is 10.1. The lowest BCUT2D eigenvalue weighted by molar-refractivity contribution is -0.0824. The van der Waals surface area contributed by atoms with Crippen LogP contribution >= 0.6 is 0 Å². The summed E-state index contributed by atoms with van der Waals surface area (Å²) in [6.07, 6.45) is 2.36. The summed E-state index contributed by atoms with van der Waals surface area (Å²) in [5, 5.41) is 0. The predicted molar refractivity (Wildman–Crippen MR) is 74.7 cm³/mol. The zero-order chi connectivity index (χ0) is 13.6. The van der Waals surface area contributed by atoms with Gasteiger partial charge in [-0.2, -0.15) is 0 Å². The molecule has 100 valence electrons. The van der Waals surface area contributed by atoms with Crippen molar-refractivity contribution in [2.24, 2.45) is 0 Å². The van der Waals surface area contributed by atoms with Crippen LogP contribution < -0.4 is 0 Å². The second-order valence-electron chi connectivity index (χ2n) is 5.28. The van der Waals surface area contributed by atoms with Crippen molar-refractivity contribution in [2.75, 3.05) is 33.3 Å². The second-order valence-corrected chi connectivity index (χ2v) is 5.28. The molecule has 1 heterocycles. The molecular formula is C12H24B2N2O2. The van der Waals surface area contributed by atoms with Gasteiger partial charge in [-0.1, -0.05) is 0 Å². The number of hydrogen-bond acceptors (Lipinski definition) is 4. The van der Waals surface area contributed by atoms with E-state index >= 15 is 0 Å². The Morgan fingerprint density at radius 3 is 2.44 bits per heavy atom. The van der Waals surface area contributed by atoms with Gasteiger partial charge in [0.2, 0.25) is 0 Å². The highest BCUT2D eigenvalue weighted by molar-refractivity contribution is 6.09. The van der Waals surface area contributed by atoms with E-state index in [1.54, 1.807) is 0 Å². The molecule has 1 atom stereocenters. The molecule has 0 aromatic carbocycles. The number of nitrogens with zero attached hydrogens (tertiary/aromatic N) is 2. The fraction of sp³-hybridized carbons (Fsp3) is 1.00. The molecule has 18 heavy (non-hydrogen) atoms. The van der Waals surface area contributed by atoms with E-state index in [1.807, 2.05) is 0 Å². The Morgan fingerprint density at radius 1 is 1.33 bits per heavy atom. The number of likely N-dealkylation sites (N-methyl/N-ethyl adjacent to an activating group) is 1. The maximum atomic E-state index is 5.44. The van der Waals surface area contributed by atoms with Gasteiger partial charge in [0.15, 0.2) is 0 Å². The first-order valence-electron chi connectivity index (χ1n) is 6.66. The number of likely N-dealkylation sites (tertiary alicyclic amines) is 1. The first-order valence-corrected chi connectivity index (χ1v) is 6.66. The Hall–Kier alpha value is -0.0301. The zero-order valence-electron chi connectivity index (χ0n) is 11.9. The highest BCUT2D eigenvalue weighted by atomic mass is 16.7. The van der Waals surface area contributed by atoms with Crippen LogP contribution in [-0.4, -0.2) is 70.9 Å². The molecule has 0 N–H and O–H groups in total. The molecule has 4 radical (unpaired) electrons. The van der Waals surface area contributed by atoms with E-state index in [9.17, 15) is 0 Å². The van der Waals surface area contributed by atoms with Crippen molar-refractivity contribution in [3.63, 3.8) is 0 Å². The zero-order valence-corrected chi connectivity index (χ0v) is 11.9. The first kappa shape index (κ1) is 16.0. The average Bonchev–Trinajstić information content (AvgIpc) is 2.88. The summed E-state index contributed by atoms with van der Waals surface area (Å²) < 4.78 is 10.0. The van der Waals surface area contributed by atoms with Crippen LogP contribution in [0.1, 0.15) is 26.7 Å². The Balaban J connectivity index is 2.32. The Labute approximate surface area is 114 Å². The average molecular weight is 250 g/mol. The standard InChI is InChI=1S/C12H24B2N2O2/c1-12(2,16-6-4-5-7-16)15(3)8-9-17-11(10-13)18-14/h11H,4-10H2,1-3H3.